The molecule has 3 aliphatic carbocycles. The Kier molecular flexibility index (Phi) is 6.37. The number of nitrogens with zero attached hydrogens (tertiary/aromatic N) is 1. The van der Waals surface area contributed by atoms with Gasteiger partial charge in [0.15, 0.2) is 11.4 Å². The van der Waals surface area contributed by atoms with Crippen molar-refractivity contribution in [1.29, 1.82) is 0 Å². The Morgan fingerprint density at radius 3 is 2.36 bits per heavy atom. The van der Waals surface area contributed by atoms with Crippen LogP contribution in [0.5, 0.6) is 5.75 Å². The number of carbonyl (C=O) groups is 3. The number of rotatable bonds is 5. The molecule has 2 aromatic rings. The van der Waals surface area contributed by atoms with Crippen LogP contribution in [0.25, 0.3) is 16.9 Å². The van der Waals surface area contributed by atoms with E-state index in [4.69, 9.17) is 10.5 Å². The zero-order chi connectivity index (χ0) is 28.4. The Morgan fingerprint density at radius 2 is 1.77 bits per heavy atom. The van der Waals surface area contributed by atoms with Crippen LogP contribution < -0.4 is 5.73 Å². The van der Waals surface area contributed by atoms with E-state index in [0.29, 0.717) is 12.2 Å². The average molecular weight is 535 g/mol. The SMILES string of the molecule is COCc1ccc(-c2ccc(O)c3c2C[C@H]2C[C@H]4[C@H](N(C)C)C(=O)C(C(N)=O)=C(O)[C@@]4(O)C(=O)C2=C3O)cc1. The van der Waals surface area contributed by atoms with Crippen LogP contribution in [-0.4, -0.2) is 75.6 Å². The van der Waals surface area contributed by atoms with Gasteiger partial charge in [-0.15, -0.1) is 0 Å². The predicted molar refractivity (Wildman–Crippen MR) is 140 cm³/mol. The highest BCUT2D eigenvalue weighted by molar-refractivity contribution is 6.24. The van der Waals surface area contributed by atoms with Crippen LogP contribution in [0.3, 0.4) is 0 Å². The molecule has 1 saturated carbocycles. The Labute approximate surface area is 224 Å². The molecular formula is C29H30N2O8. The second-order valence-electron chi connectivity index (χ2n) is 10.6. The number of phenolic OH excluding ortho intramolecular Hbond substituents is 1. The summed E-state index contributed by atoms with van der Waals surface area (Å²) in [7, 11) is 4.74. The van der Waals surface area contributed by atoms with E-state index in [1.807, 2.05) is 24.3 Å². The van der Waals surface area contributed by atoms with Crippen LogP contribution in [0, 0.1) is 11.8 Å². The fourth-order valence-corrected chi connectivity index (χ4v) is 6.46. The number of benzene rings is 2. The van der Waals surface area contributed by atoms with E-state index in [1.165, 1.54) is 11.0 Å². The van der Waals surface area contributed by atoms with Gasteiger partial charge in [-0.25, -0.2) is 0 Å². The van der Waals surface area contributed by atoms with Gasteiger partial charge in [-0.3, -0.25) is 19.3 Å². The molecule has 0 aromatic heterocycles. The number of fused-ring (bicyclic) bond motifs is 3. The summed E-state index contributed by atoms with van der Waals surface area (Å²) in [6.45, 7) is 0.444. The van der Waals surface area contributed by atoms with Gasteiger partial charge in [0.25, 0.3) is 5.91 Å². The van der Waals surface area contributed by atoms with E-state index >= 15 is 0 Å². The predicted octanol–water partition coefficient (Wildman–Crippen LogP) is 1.78. The minimum atomic E-state index is -2.66. The molecule has 10 heteroatoms. The maximum absolute atomic E-state index is 13.9. The van der Waals surface area contributed by atoms with E-state index in [9.17, 15) is 34.8 Å². The zero-order valence-electron chi connectivity index (χ0n) is 21.8. The van der Waals surface area contributed by atoms with E-state index in [0.717, 1.165) is 16.7 Å². The average Bonchev–Trinajstić information content (AvgIpc) is 2.87. The molecule has 0 saturated heterocycles. The molecule has 2 aromatic carbocycles. The van der Waals surface area contributed by atoms with Gasteiger partial charge in [0, 0.05) is 18.6 Å². The third kappa shape index (κ3) is 3.78. The molecule has 0 unspecified atom stereocenters. The minimum Gasteiger partial charge on any atom is -0.508 e. The fraction of sp³-hybridized carbons (Fsp3) is 0.345. The smallest absolute Gasteiger partial charge is 0.255 e. The largest absolute Gasteiger partial charge is 0.508 e. The third-order valence-electron chi connectivity index (χ3n) is 8.18. The molecule has 10 nitrogen and oxygen atoms in total. The van der Waals surface area contributed by atoms with Gasteiger partial charge in [0.05, 0.1) is 18.2 Å². The lowest BCUT2D eigenvalue weighted by Crippen LogP contribution is -2.65. The number of primary amides is 1. The fourth-order valence-electron chi connectivity index (χ4n) is 6.46. The molecule has 6 N–H and O–H groups in total. The van der Waals surface area contributed by atoms with Crippen molar-refractivity contribution < 1.29 is 39.5 Å². The molecule has 39 heavy (non-hydrogen) atoms. The summed E-state index contributed by atoms with van der Waals surface area (Å²) in [4.78, 5) is 40.7. The summed E-state index contributed by atoms with van der Waals surface area (Å²) in [5.41, 5.74) is 4.90. The maximum Gasteiger partial charge on any atom is 0.255 e. The van der Waals surface area contributed by atoms with Gasteiger partial charge in [-0.1, -0.05) is 30.3 Å². The number of aliphatic hydroxyl groups excluding tert-OH is 2. The van der Waals surface area contributed by atoms with Crippen molar-refractivity contribution in [3.05, 3.63) is 70.0 Å². The van der Waals surface area contributed by atoms with Crippen LogP contribution in [0.15, 0.2) is 53.3 Å². The van der Waals surface area contributed by atoms with Crippen molar-refractivity contribution in [2.75, 3.05) is 21.2 Å². The summed E-state index contributed by atoms with van der Waals surface area (Å²) >= 11 is 0. The van der Waals surface area contributed by atoms with E-state index in [-0.39, 0.29) is 29.7 Å². The number of likely N-dealkylation sites (N-methyl/N-ethyl adjacent to an activating group) is 1. The first kappa shape index (κ1) is 26.6. The topological polar surface area (TPSA) is 171 Å². The lowest BCUT2D eigenvalue weighted by Gasteiger charge is -2.50. The van der Waals surface area contributed by atoms with Crippen LogP contribution in [0.1, 0.15) is 23.1 Å². The van der Waals surface area contributed by atoms with Gasteiger partial charge < -0.3 is 30.9 Å². The molecule has 0 bridgehead atoms. The molecule has 5 rings (SSSR count). The lowest BCUT2D eigenvalue weighted by atomic mass is 9.57. The second kappa shape index (κ2) is 9.33. The lowest BCUT2D eigenvalue weighted by molar-refractivity contribution is -0.153. The van der Waals surface area contributed by atoms with Crippen LogP contribution >= 0.6 is 0 Å². The summed E-state index contributed by atoms with van der Waals surface area (Å²) < 4.78 is 5.18. The van der Waals surface area contributed by atoms with Gasteiger partial charge in [-0.05, 0) is 61.2 Å². The normalized spacial score (nSPS) is 26.4. The highest BCUT2D eigenvalue weighted by Crippen LogP contribution is 2.53. The van der Waals surface area contributed by atoms with Crippen molar-refractivity contribution in [3.8, 4) is 16.9 Å². The summed E-state index contributed by atoms with van der Waals surface area (Å²) in [5.74, 6) is -6.71. The van der Waals surface area contributed by atoms with Gasteiger partial charge in [0.1, 0.15) is 22.8 Å². The summed E-state index contributed by atoms with van der Waals surface area (Å²) in [6, 6.07) is 9.65. The molecule has 204 valence electrons. The number of amides is 1. The first-order valence-electron chi connectivity index (χ1n) is 12.5. The van der Waals surface area contributed by atoms with E-state index in [1.54, 1.807) is 27.3 Å². The molecule has 0 aliphatic heterocycles. The standard InChI is InChI=1S/C29H30N2O8/c1-31(2)23-18-11-15-10-17-16(14-6-4-13(5-7-14)12-39-3)8-9-19(32)21(17)24(33)20(15)26(35)29(18,38)27(36)22(25(23)34)28(30)37/h4-9,15,18,23,32-33,36,38H,10-12H2,1-3H3,(H2,30,37)/t15-,18-,23-,29-/m0/s1. The summed E-state index contributed by atoms with van der Waals surface area (Å²) in [6.07, 6.45) is 0.256. The molecule has 3 aliphatic rings. The molecule has 4 atom stereocenters. The number of Topliss-reactive ketones (excluding diaryl/α,β-unsaturated/α-hetero) is 2. The zero-order valence-corrected chi connectivity index (χ0v) is 21.8. The molecule has 0 heterocycles. The number of hydrogen-bond donors (Lipinski definition) is 5. The number of ketones is 2. The maximum atomic E-state index is 13.9. The number of methoxy groups -OCH3 is 1. The first-order chi connectivity index (χ1) is 18.4. The number of phenols is 1. The Morgan fingerprint density at radius 1 is 1.10 bits per heavy atom. The van der Waals surface area contributed by atoms with Crippen LogP contribution in [-0.2, 0) is 32.1 Å². The summed E-state index contributed by atoms with van der Waals surface area (Å²) in [5, 5.41) is 44.8. The number of aliphatic hydroxyl groups is 3. The van der Waals surface area contributed by atoms with Crippen molar-refractivity contribution in [2.24, 2.45) is 17.6 Å². The molecule has 0 radical (unpaired) electrons. The number of ether oxygens (including phenoxy) is 1. The van der Waals surface area contributed by atoms with Crippen molar-refractivity contribution >= 4 is 23.2 Å². The van der Waals surface area contributed by atoms with Gasteiger partial charge in [-0.2, -0.15) is 0 Å². The van der Waals surface area contributed by atoms with E-state index in [2.05, 4.69) is 0 Å². The van der Waals surface area contributed by atoms with Gasteiger partial charge >= 0.3 is 0 Å². The highest BCUT2D eigenvalue weighted by atomic mass is 16.5. The number of aromatic hydroxyl groups is 1. The second-order valence-corrected chi connectivity index (χ2v) is 10.6. The highest BCUT2D eigenvalue weighted by Gasteiger charge is 2.64. The molecule has 1 amide bonds. The minimum absolute atomic E-state index is 0.0354. The van der Waals surface area contributed by atoms with Crippen LogP contribution in [0.2, 0.25) is 0 Å². The monoisotopic (exact) mass is 534 g/mol. The molecule has 1 fully saturated rings. The quantitative estimate of drug-likeness (QED) is 0.359. The Balaban J connectivity index is 1.69. The van der Waals surface area contributed by atoms with Crippen molar-refractivity contribution in [3.63, 3.8) is 0 Å². The Hall–Kier alpha value is -3.99. The van der Waals surface area contributed by atoms with Crippen molar-refractivity contribution in [2.45, 2.75) is 31.1 Å². The van der Waals surface area contributed by atoms with Gasteiger partial charge in [0.2, 0.25) is 5.78 Å². The van der Waals surface area contributed by atoms with Crippen LogP contribution in [0.4, 0.5) is 0 Å². The molecular weight excluding hydrogens is 504 g/mol. The number of carbonyl (C=O) groups excluding carboxylic acids is 3. The number of nitrogens with two attached hydrogens (primary N) is 1. The number of hydrogen-bond acceptors (Lipinski definition) is 9. The first-order valence-corrected chi connectivity index (χ1v) is 12.5. The third-order valence-corrected chi connectivity index (χ3v) is 8.18. The van der Waals surface area contributed by atoms with E-state index < -0.39 is 58.0 Å². The molecule has 0 spiro atoms. The van der Waals surface area contributed by atoms with Crippen molar-refractivity contribution in [1.82, 2.24) is 4.90 Å². The Bertz CT molecular complexity index is 1470.